The molecule has 0 radical (unpaired) electrons. The van der Waals surface area contributed by atoms with E-state index in [9.17, 15) is 4.79 Å². The molecule has 2 aromatic rings. The maximum atomic E-state index is 12.4. The van der Waals surface area contributed by atoms with E-state index in [4.69, 9.17) is 9.90 Å². The number of carbonyl (C=O) groups is 2. The number of aryl methyl sites for hydroxylation is 3. The second-order valence-electron chi connectivity index (χ2n) is 4.70. The topological polar surface area (TPSA) is 54.4 Å². The summed E-state index contributed by atoms with van der Waals surface area (Å²) < 4.78 is 0. The van der Waals surface area contributed by atoms with E-state index < -0.39 is 0 Å². The Labute approximate surface area is 126 Å². The van der Waals surface area contributed by atoms with Crippen LogP contribution in [0.5, 0.6) is 0 Å². The minimum absolute atomic E-state index is 0.206. The Balaban J connectivity index is 0.000000677. The Morgan fingerprint density at radius 1 is 1.05 bits per heavy atom. The van der Waals surface area contributed by atoms with Gasteiger partial charge in [0, 0.05) is 5.56 Å². The van der Waals surface area contributed by atoms with Crippen molar-refractivity contribution in [2.24, 2.45) is 0 Å². The molecule has 0 spiro atoms. The molecule has 0 aromatic heterocycles. The normalized spacial score (nSPS) is 10.0. The molecular weight excluding hydrogens is 283 g/mol. The third-order valence-electron chi connectivity index (χ3n) is 2.94. The fourth-order valence-corrected chi connectivity index (χ4v) is 3.39. The van der Waals surface area contributed by atoms with E-state index in [-0.39, 0.29) is 20.6 Å². The second kappa shape index (κ2) is 8.33. The molecular formula is C17H19O3P. The molecule has 0 aliphatic heterocycles. The third-order valence-corrected chi connectivity index (χ3v) is 4.03. The molecule has 0 aliphatic rings. The van der Waals surface area contributed by atoms with Gasteiger partial charge in [0.1, 0.15) is 0 Å². The highest BCUT2D eigenvalue weighted by atomic mass is 31.1. The van der Waals surface area contributed by atoms with Gasteiger partial charge in [-0.05, 0) is 45.8 Å². The molecule has 2 rings (SSSR count). The van der Waals surface area contributed by atoms with Gasteiger partial charge in [-0.2, -0.15) is 0 Å². The summed E-state index contributed by atoms with van der Waals surface area (Å²) in [4.78, 5) is 20.7. The highest BCUT2D eigenvalue weighted by Crippen LogP contribution is 2.25. The minimum Gasteiger partial charge on any atom is -0.483 e. The predicted octanol–water partition coefficient (Wildman–Crippen LogP) is 3.46. The SMILES string of the molecule is Cc1cc(C)c(C(=O)Pc2ccccc2)c(C)c1.O=CO. The van der Waals surface area contributed by atoms with Crippen LogP contribution >= 0.6 is 8.58 Å². The molecule has 0 bridgehead atoms. The van der Waals surface area contributed by atoms with Gasteiger partial charge in [-0.15, -0.1) is 0 Å². The largest absolute Gasteiger partial charge is 0.483 e. The van der Waals surface area contributed by atoms with Crippen molar-refractivity contribution in [1.29, 1.82) is 0 Å². The summed E-state index contributed by atoms with van der Waals surface area (Å²) in [5.74, 6) is 0. The molecule has 21 heavy (non-hydrogen) atoms. The average Bonchev–Trinajstić information content (AvgIpc) is 2.39. The zero-order valence-electron chi connectivity index (χ0n) is 12.4. The first-order chi connectivity index (χ1) is 9.99. The molecule has 2 aromatic carbocycles. The van der Waals surface area contributed by atoms with E-state index in [0.717, 1.165) is 22.0 Å². The van der Waals surface area contributed by atoms with Crippen LogP contribution in [-0.2, 0) is 4.79 Å². The third kappa shape index (κ3) is 5.13. The summed E-state index contributed by atoms with van der Waals surface area (Å²) in [5.41, 5.74) is 4.51. The first-order valence-corrected chi connectivity index (χ1v) is 7.51. The molecule has 3 nitrogen and oxygen atoms in total. The Bertz CT molecular complexity index is 598. The first-order valence-electron chi connectivity index (χ1n) is 6.51. The maximum Gasteiger partial charge on any atom is 0.290 e. The molecule has 1 unspecified atom stereocenters. The van der Waals surface area contributed by atoms with Crippen molar-refractivity contribution in [2.75, 3.05) is 0 Å². The molecule has 0 heterocycles. The number of hydrogen-bond donors (Lipinski definition) is 1. The van der Waals surface area contributed by atoms with Crippen LogP contribution in [0.25, 0.3) is 0 Å². The van der Waals surface area contributed by atoms with Gasteiger partial charge in [-0.25, -0.2) is 0 Å². The molecule has 1 atom stereocenters. The number of benzene rings is 2. The van der Waals surface area contributed by atoms with Gasteiger partial charge in [-0.3, -0.25) is 9.59 Å². The van der Waals surface area contributed by atoms with Gasteiger partial charge >= 0.3 is 0 Å². The van der Waals surface area contributed by atoms with Gasteiger partial charge < -0.3 is 5.11 Å². The smallest absolute Gasteiger partial charge is 0.290 e. The quantitative estimate of drug-likeness (QED) is 0.698. The van der Waals surface area contributed by atoms with E-state index in [2.05, 4.69) is 19.1 Å². The monoisotopic (exact) mass is 302 g/mol. The van der Waals surface area contributed by atoms with Gasteiger partial charge in [0.15, 0.2) is 5.52 Å². The van der Waals surface area contributed by atoms with Crippen LogP contribution in [0.15, 0.2) is 42.5 Å². The summed E-state index contributed by atoms with van der Waals surface area (Å²) in [6, 6.07) is 14.1. The van der Waals surface area contributed by atoms with Crippen molar-refractivity contribution < 1.29 is 14.7 Å². The van der Waals surface area contributed by atoms with Crippen molar-refractivity contribution in [3.05, 3.63) is 64.7 Å². The average molecular weight is 302 g/mol. The summed E-state index contributed by atoms with van der Waals surface area (Å²) in [6.07, 6.45) is 0. The molecule has 0 amide bonds. The van der Waals surface area contributed by atoms with Crippen LogP contribution in [0, 0.1) is 20.8 Å². The molecule has 110 valence electrons. The summed E-state index contributed by atoms with van der Waals surface area (Å²) in [6.45, 7) is 5.85. The van der Waals surface area contributed by atoms with E-state index in [1.807, 2.05) is 44.2 Å². The Kier molecular flexibility index (Phi) is 6.77. The van der Waals surface area contributed by atoms with E-state index >= 15 is 0 Å². The van der Waals surface area contributed by atoms with Crippen molar-refractivity contribution in [3.63, 3.8) is 0 Å². The zero-order chi connectivity index (χ0) is 15.8. The van der Waals surface area contributed by atoms with Gasteiger partial charge in [0.2, 0.25) is 0 Å². The Morgan fingerprint density at radius 3 is 2.00 bits per heavy atom. The summed E-state index contributed by atoms with van der Waals surface area (Å²) in [5, 5.41) is 7.99. The molecule has 0 aliphatic carbocycles. The molecule has 4 heteroatoms. The number of carbonyl (C=O) groups excluding carboxylic acids is 1. The highest BCUT2D eigenvalue weighted by Gasteiger charge is 2.13. The molecule has 0 saturated heterocycles. The maximum absolute atomic E-state index is 12.4. The molecule has 1 N–H and O–H groups in total. The van der Waals surface area contributed by atoms with Crippen LogP contribution in [0.1, 0.15) is 27.0 Å². The molecule has 0 fully saturated rings. The lowest BCUT2D eigenvalue weighted by atomic mass is 10.0. The summed E-state index contributed by atoms with van der Waals surface area (Å²) >= 11 is 0. The number of carboxylic acid groups (broad SMARTS) is 1. The van der Waals surface area contributed by atoms with Gasteiger partial charge in [0.05, 0.1) is 0 Å². The summed E-state index contributed by atoms with van der Waals surface area (Å²) in [7, 11) is 0.206. The Morgan fingerprint density at radius 2 is 1.52 bits per heavy atom. The number of rotatable bonds is 3. The van der Waals surface area contributed by atoms with Crippen LogP contribution in [0.3, 0.4) is 0 Å². The van der Waals surface area contributed by atoms with Crippen molar-refractivity contribution >= 4 is 25.9 Å². The van der Waals surface area contributed by atoms with Crippen molar-refractivity contribution in [2.45, 2.75) is 20.8 Å². The van der Waals surface area contributed by atoms with Crippen LogP contribution in [-0.4, -0.2) is 17.1 Å². The lowest BCUT2D eigenvalue weighted by molar-refractivity contribution is -0.122. The van der Waals surface area contributed by atoms with Gasteiger partial charge in [0.25, 0.3) is 6.47 Å². The van der Waals surface area contributed by atoms with E-state index in [0.29, 0.717) is 0 Å². The van der Waals surface area contributed by atoms with Crippen LogP contribution in [0.2, 0.25) is 0 Å². The Hall–Kier alpha value is -1.99. The first kappa shape index (κ1) is 17.1. The predicted molar refractivity (Wildman–Crippen MR) is 88.1 cm³/mol. The number of hydrogen-bond acceptors (Lipinski definition) is 2. The van der Waals surface area contributed by atoms with Crippen molar-refractivity contribution in [3.8, 4) is 0 Å². The fourth-order valence-electron chi connectivity index (χ4n) is 2.25. The van der Waals surface area contributed by atoms with Crippen LogP contribution < -0.4 is 5.30 Å². The fraction of sp³-hybridized carbons (Fsp3) is 0.176. The lowest BCUT2D eigenvalue weighted by Gasteiger charge is -2.10. The van der Waals surface area contributed by atoms with E-state index in [1.54, 1.807) is 0 Å². The van der Waals surface area contributed by atoms with Crippen molar-refractivity contribution in [1.82, 2.24) is 0 Å². The van der Waals surface area contributed by atoms with Gasteiger partial charge in [-0.1, -0.05) is 48.0 Å². The molecule has 0 saturated carbocycles. The highest BCUT2D eigenvalue weighted by molar-refractivity contribution is 7.66. The standard InChI is InChI=1S/C16H17OP.CH2O2/c1-11-9-12(2)15(13(3)10-11)16(17)18-14-7-5-4-6-8-14;2-1-3/h4-10,18H,1-3H3;1H,(H,2,3). The lowest BCUT2D eigenvalue weighted by Crippen LogP contribution is -2.04. The zero-order valence-corrected chi connectivity index (χ0v) is 13.4. The minimum atomic E-state index is -0.250. The van der Waals surface area contributed by atoms with E-state index in [1.165, 1.54) is 5.56 Å². The van der Waals surface area contributed by atoms with Crippen LogP contribution in [0.4, 0.5) is 0 Å². The second-order valence-corrected chi connectivity index (χ2v) is 5.98.